The number of aryl methyl sites for hydroxylation is 1. The summed E-state index contributed by atoms with van der Waals surface area (Å²) in [5.41, 5.74) is 1.25. The van der Waals surface area contributed by atoms with Crippen molar-refractivity contribution in [3.63, 3.8) is 0 Å². The average Bonchev–Trinajstić information content (AvgIpc) is 3.07. The molecule has 0 bridgehead atoms. The lowest BCUT2D eigenvalue weighted by Gasteiger charge is -2.22. The van der Waals surface area contributed by atoms with Crippen LogP contribution in [-0.2, 0) is 18.4 Å². The standard InChI is InChI=1S/C17H26N4O/c1-19-13-16(12-18-19)14-20-7-4-8-21(10-9-20)17(22)11-15-5-2-3-6-15/h2,5,12-13,15H,3-4,6-11,14H2,1H3. The van der Waals surface area contributed by atoms with Crippen LogP contribution in [-0.4, -0.2) is 51.7 Å². The van der Waals surface area contributed by atoms with E-state index in [4.69, 9.17) is 0 Å². The first kappa shape index (κ1) is 15.3. The number of amides is 1. The van der Waals surface area contributed by atoms with Crippen molar-refractivity contribution in [3.8, 4) is 0 Å². The summed E-state index contributed by atoms with van der Waals surface area (Å²) in [6, 6.07) is 0. The lowest BCUT2D eigenvalue weighted by atomic mass is 10.0. The van der Waals surface area contributed by atoms with Crippen molar-refractivity contribution in [2.24, 2.45) is 13.0 Å². The first-order valence-corrected chi connectivity index (χ1v) is 8.35. The van der Waals surface area contributed by atoms with Crippen LogP contribution in [0.5, 0.6) is 0 Å². The van der Waals surface area contributed by atoms with Gasteiger partial charge >= 0.3 is 0 Å². The zero-order valence-corrected chi connectivity index (χ0v) is 13.4. The van der Waals surface area contributed by atoms with E-state index in [1.807, 2.05) is 17.9 Å². The summed E-state index contributed by atoms with van der Waals surface area (Å²) in [5.74, 6) is 0.807. The molecule has 3 rings (SSSR count). The Balaban J connectivity index is 1.48. The molecule has 1 aliphatic carbocycles. The van der Waals surface area contributed by atoms with E-state index in [1.54, 1.807) is 0 Å². The fourth-order valence-electron chi connectivity index (χ4n) is 3.41. The van der Waals surface area contributed by atoms with Gasteiger partial charge < -0.3 is 4.90 Å². The van der Waals surface area contributed by atoms with Gasteiger partial charge in [0.1, 0.15) is 0 Å². The van der Waals surface area contributed by atoms with E-state index in [2.05, 4.69) is 33.2 Å². The van der Waals surface area contributed by atoms with E-state index in [-0.39, 0.29) is 0 Å². The van der Waals surface area contributed by atoms with Crippen LogP contribution in [0.15, 0.2) is 24.5 Å². The summed E-state index contributed by atoms with van der Waals surface area (Å²) in [6.07, 6.45) is 12.5. The topological polar surface area (TPSA) is 41.4 Å². The first-order valence-electron chi connectivity index (χ1n) is 8.35. The van der Waals surface area contributed by atoms with Gasteiger partial charge in [-0.1, -0.05) is 12.2 Å². The largest absolute Gasteiger partial charge is 0.341 e. The number of carbonyl (C=O) groups is 1. The Kier molecular flexibility index (Phi) is 4.93. The van der Waals surface area contributed by atoms with E-state index in [0.29, 0.717) is 18.2 Å². The first-order chi connectivity index (χ1) is 10.7. The monoisotopic (exact) mass is 302 g/mol. The Morgan fingerprint density at radius 1 is 1.32 bits per heavy atom. The van der Waals surface area contributed by atoms with Crippen molar-refractivity contribution >= 4 is 5.91 Å². The second-order valence-electron chi connectivity index (χ2n) is 6.50. The van der Waals surface area contributed by atoms with E-state index in [1.165, 1.54) is 5.56 Å². The summed E-state index contributed by atoms with van der Waals surface area (Å²) in [7, 11) is 1.95. The third-order valence-corrected chi connectivity index (χ3v) is 4.65. The van der Waals surface area contributed by atoms with Crippen molar-refractivity contribution in [1.29, 1.82) is 0 Å². The highest BCUT2D eigenvalue weighted by Crippen LogP contribution is 2.21. The van der Waals surface area contributed by atoms with Gasteiger partial charge in [-0.3, -0.25) is 14.4 Å². The van der Waals surface area contributed by atoms with Gasteiger partial charge in [-0.15, -0.1) is 0 Å². The molecule has 1 aromatic heterocycles. The van der Waals surface area contributed by atoms with Gasteiger partial charge in [0.25, 0.3) is 0 Å². The van der Waals surface area contributed by atoms with Crippen LogP contribution in [0, 0.1) is 5.92 Å². The highest BCUT2D eigenvalue weighted by atomic mass is 16.2. The van der Waals surface area contributed by atoms with Gasteiger partial charge in [0.2, 0.25) is 5.91 Å². The van der Waals surface area contributed by atoms with Crippen LogP contribution < -0.4 is 0 Å². The number of hydrogen-bond donors (Lipinski definition) is 0. The van der Waals surface area contributed by atoms with Gasteiger partial charge in [0.15, 0.2) is 0 Å². The number of aromatic nitrogens is 2. The van der Waals surface area contributed by atoms with Crippen LogP contribution in [0.2, 0.25) is 0 Å². The van der Waals surface area contributed by atoms with E-state index < -0.39 is 0 Å². The maximum Gasteiger partial charge on any atom is 0.223 e. The molecule has 0 radical (unpaired) electrons. The molecule has 1 amide bonds. The number of carbonyl (C=O) groups excluding carboxylic acids is 1. The van der Waals surface area contributed by atoms with E-state index in [0.717, 1.165) is 52.0 Å². The zero-order valence-electron chi connectivity index (χ0n) is 13.4. The van der Waals surface area contributed by atoms with Gasteiger partial charge in [0.05, 0.1) is 6.20 Å². The maximum absolute atomic E-state index is 12.4. The minimum atomic E-state index is 0.333. The lowest BCUT2D eigenvalue weighted by molar-refractivity contribution is -0.131. The van der Waals surface area contributed by atoms with Crippen LogP contribution in [0.25, 0.3) is 0 Å². The minimum absolute atomic E-state index is 0.333. The Bertz CT molecular complexity index is 537. The smallest absolute Gasteiger partial charge is 0.223 e. The van der Waals surface area contributed by atoms with Crippen LogP contribution in [0.1, 0.15) is 31.2 Å². The van der Waals surface area contributed by atoms with Crippen molar-refractivity contribution in [2.75, 3.05) is 26.2 Å². The lowest BCUT2D eigenvalue weighted by Crippen LogP contribution is -2.35. The quantitative estimate of drug-likeness (QED) is 0.797. The molecule has 120 valence electrons. The Hall–Kier alpha value is -1.62. The molecule has 1 unspecified atom stereocenters. The molecular formula is C17H26N4O. The number of nitrogens with zero attached hydrogens (tertiary/aromatic N) is 4. The molecule has 1 aromatic rings. The number of allylic oxidation sites excluding steroid dienone is 2. The Labute approximate surface area is 132 Å². The van der Waals surface area contributed by atoms with Crippen molar-refractivity contribution in [3.05, 3.63) is 30.1 Å². The van der Waals surface area contributed by atoms with E-state index >= 15 is 0 Å². The summed E-state index contributed by atoms with van der Waals surface area (Å²) >= 11 is 0. The van der Waals surface area contributed by atoms with Gasteiger partial charge in [-0.25, -0.2) is 0 Å². The summed E-state index contributed by atoms with van der Waals surface area (Å²) in [5, 5.41) is 4.23. The third-order valence-electron chi connectivity index (χ3n) is 4.65. The third kappa shape index (κ3) is 3.97. The van der Waals surface area contributed by atoms with Gasteiger partial charge in [-0.05, 0) is 25.2 Å². The molecule has 5 nitrogen and oxygen atoms in total. The predicted molar refractivity (Wildman–Crippen MR) is 86.2 cm³/mol. The summed E-state index contributed by atoms with van der Waals surface area (Å²) in [4.78, 5) is 16.9. The normalized spacial score (nSPS) is 23.0. The van der Waals surface area contributed by atoms with E-state index in [9.17, 15) is 4.79 Å². The molecule has 5 heteroatoms. The summed E-state index contributed by atoms with van der Waals surface area (Å²) in [6.45, 7) is 4.71. The minimum Gasteiger partial charge on any atom is -0.341 e. The zero-order chi connectivity index (χ0) is 15.4. The molecule has 0 aromatic carbocycles. The molecule has 0 spiro atoms. The van der Waals surface area contributed by atoms with Crippen molar-refractivity contribution < 1.29 is 4.79 Å². The fraction of sp³-hybridized carbons (Fsp3) is 0.647. The molecule has 1 aliphatic heterocycles. The van der Waals surface area contributed by atoms with Crippen LogP contribution in [0.4, 0.5) is 0 Å². The molecule has 2 aliphatic rings. The SMILES string of the molecule is Cn1cc(CN2CCCN(C(=O)CC3C=CCC3)CC2)cn1. The maximum atomic E-state index is 12.4. The Morgan fingerprint density at radius 3 is 2.95 bits per heavy atom. The molecule has 0 saturated carbocycles. The van der Waals surface area contributed by atoms with Gasteiger partial charge in [0, 0.05) is 58.0 Å². The predicted octanol–water partition coefficient (Wildman–Crippen LogP) is 1.81. The number of rotatable bonds is 4. The van der Waals surface area contributed by atoms with Crippen molar-refractivity contribution in [2.45, 2.75) is 32.2 Å². The molecule has 1 fully saturated rings. The average molecular weight is 302 g/mol. The van der Waals surface area contributed by atoms with Crippen LogP contribution >= 0.6 is 0 Å². The second-order valence-corrected chi connectivity index (χ2v) is 6.50. The molecule has 0 N–H and O–H groups in total. The molecule has 1 atom stereocenters. The Morgan fingerprint density at radius 2 is 2.23 bits per heavy atom. The fourth-order valence-corrected chi connectivity index (χ4v) is 3.41. The highest BCUT2D eigenvalue weighted by molar-refractivity contribution is 5.76. The molecular weight excluding hydrogens is 276 g/mol. The summed E-state index contributed by atoms with van der Waals surface area (Å²) < 4.78 is 1.85. The number of hydrogen-bond acceptors (Lipinski definition) is 3. The van der Waals surface area contributed by atoms with Gasteiger partial charge in [-0.2, -0.15) is 5.10 Å². The molecule has 1 saturated heterocycles. The highest BCUT2D eigenvalue weighted by Gasteiger charge is 2.22. The van der Waals surface area contributed by atoms with Crippen LogP contribution in [0.3, 0.4) is 0 Å². The van der Waals surface area contributed by atoms with Crippen molar-refractivity contribution in [1.82, 2.24) is 19.6 Å². The second kappa shape index (κ2) is 7.09. The molecule has 2 heterocycles. The molecule has 22 heavy (non-hydrogen) atoms.